The van der Waals surface area contributed by atoms with Gasteiger partial charge in [0.05, 0.1) is 27.7 Å². The summed E-state index contributed by atoms with van der Waals surface area (Å²) in [6.07, 6.45) is 44.2. The van der Waals surface area contributed by atoms with Crippen molar-refractivity contribution in [2.45, 2.75) is 258 Å². The number of esters is 2. The van der Waals surface area contributed by atoms with Gasteiger partial charge in [0.25, 0.3) is 7.82 Å². The molecule has 2 atom stereocenters. The molecule has 1 unspecified atom stereocenters. The summed E-state index contributed by atoms with van der Waals surface area (Å²) in [6, 6.07) is 0. The molecule has 0 bridgehead atoms. The van der Waals surface area contributed by atoms with Crippen LogP contribution in [0.4, 0.5) is 0 Å². The van der Waals surface area contributed by atoms with Crippen molar-refractivity contribution in [3.05, 3.63) is 0 Å². The Bertz CT molecular complexity index is 974. The van der Waals surface area contributed by atoms with E-state index in [9.17, 15) is 19.0 Å². The highest BCUT2D eigenvalue weighted by Gasteiger charge is 2.21. The van der Waals surface area contributed by atoms with E-state index in [0.717, 1.165) is 32.1 Å². The maximum absolute atomic E-state index is 12.7. The van der Waals surface area contributed by atoms with Crippen molar-refractivity contribution in [1.29, 1.82) is 0 Å². The second kappa shape index (κ2) is 42.3. The van der Waals surface area contributed by atoms with E-state index in [4.69, 9.17) is 18.5 Å². The normalized spacial score (nSPS) is 13.4. The largest absolute Gasteiger partial charge is 0.756 e. The summed E-state index contributed by atoms with van der Waals surface area (Å²) in [7, 11) is 1.18. The monoisotopic (exact) mass is 860 g/mol. The minimum Gasteiger partial charge on any atom is -0.756 e. The van der Waals surface area contributed by atoms with Gasteiger partial charge in [-0.2, -0.15) is 0 Å². The van der Waals surface area contributed by atoms with Gasteiger partial charge in [-0.1, -0.05) is 226 Å². The number of nitrogens with zero attached hydrogens (tertiary/aromatic N) is 1. The predicted octanol–water partition coefficient (Wildman–Crippen LogP) is 14.1. The van der Waals surface area contributed by atoms with Gasteiger partial charge in [0, 0.05) is 12.8 Å². The number of quaternary nitrogens is 1. The summed E-state index contributed by atoms with van der Waals surface area (Å²) < 4.78 is 34.0. The molecule has 0 spiro atoms. The first-order valence-corrected chi connectivity index (χ1v) is 26.7. The molecular weight excluding hydrogens is 762 g/mol. The minimum atomic E-state index is -4.62. The summed E-state index contributed by atoms with van der Waals surface area (Å²) in [5, 5.41) is 0. The molecular formula is C49H98NO8P. The summed E-state index contributed by atoms with van der Waals surface area (Å²) in [6.45, 7) is 4.28. The average Bonchev–Trinajstić information content (AvgIpc) is 3.19. The number of likely N-dealkylation sites (N-methyl/N-ethyl adjacent to an activating group) is 1. The van der Waals surface area contributed by atoms with Crippen LogP contribution in [0.3, 0.4) is 0 Å². The van der Waals surface area contributed by atoms with Crippen molar-refractivity contribution in [3.8, 4) is 0 Å². The first-order valence-electron chi connectivity index (χ1n) is 25.2. The number of hydrogen-bond donors (Lipinski definition) is 0. The van der Waals surface area contributed by atoms with Crippen LogP contribution in [0.25, 0.3) is 0 Å². The maximum Gasteiger partial charge on any atom is 0.306 e. The number of rotatable bonds is 47. The molecule has 0 fully saturated rings. The van der Waals surface area contributed by atoms with E-state index in [2.05, 4.69) is 13.8 Å². The van der Waals surface area contributed by atoms with Crippen molar-refractivity contribution in [2.75, 3.05) is 47.5 Å². The van der Waals surface area contributed by atoms with Crippen LogP contribution in [0, 0.1) is 0 Å². The highest BCUT2D eigenvalue weighted by Crippen LogP contribution is 2.38. The zero-order chi connectivity index (χ0) is 43.6. The van der Waals surface area contributed by atoms with Crippen LogP contribution in [0.5, 0.6) is 0 Å². The molecule has 0 rings (SSSR count). The number of hydrogen-bond acceptors (Lipinski definition) is 8. The van der Waals surface area contributed by atoms with Crippen LogP contribution in [-0.2, 0) is 32.7 Å². The number of carbonyl (C=O) groups is 2. The van der Waals surface area contributed by atoms with E-state index in [0.29, 0.717) is 17.4 Å². The Morgan fingerprint density at radius 3 is 1.08 bits per heavy atom. The van der Waals surface area contributed by atoms with Crippen molar-refractivity contribution in [1.82, 2.24) is 0 Å². The van der Waals surface area contributed by atoms with Crippen molar-refractivity contribution in [2.24, 2.45) is 0 Å². The molecule has 0 aromatic carbocycles. The van der Waals surface area contributed by atoms with Gasteiger partial charge < -0.3 is 27.9 Å². The van der Waals surface area contributed by atoms with Crippen molar-refractivity contribution in [3.63, 3.8) is 0 Å². The number of phosphoric acid groups is 1. The van der Waals surface area contributed by atoms with Gasteiger partial charge in [-0.25, -0.2) is 0 Å². The zero-order valence-corrected chi connectivity index (χ0v) is 40.6. The van der Waals surface area contributed by atoms with Gasteiger partial charge in [-0.05, 0) is 12.8 Å². The number of phosphoric ester groups is 1. The lowest BCUT2D eigenvalue weighted by atomic mass is 10.0. The summed E-state index contributed by atoms with van der Waals surface area (Å²) in [5.74, 6) is -0.816. The molecule has 59 heavy (non-hydrogen) atoms. The van der Waals surface area contributed by atoms with E-state index >= 15 is 0 Å². The van der Waals surface area contributed by atoms with Gasteiger partial charge >= 0.3 is 11.9 Å². The molecule has 10 heteroatoms. The van der Waals surface area contributed by atoms with Gasteiger partial charge in [-0.3, -0.25) is 14.2 Å². The Morgan fingerprint density at radius 2 is 0.763 bits per heavy atom. The molecule has 0 heterocycles. The zero-order valence-electron chi connectivity index (χ0n) is 39.7. The van der Waals surface area contributed by atoms with Crippen LogP contribution < -0.4 is 4.89 Å². The number of unbranched alkanes of at least 4 members (excludes halogenated alkanes) is 33. The fourth-order valence-electron chi connectivity index (χ4n) is 7.42. The highest BCUT2D eigenvalue weighted by molar-refractivity contribution is 7.45. The fraction of sp³-hybridized carbons (Fsp3) is 0.959. The molecule has 0 aliphatic heterocycles. The van der Waals surface area contributed by atoms with E-state index in [-0.39, 0.29) is 32.0 Å². The summed E-state index contributed by atoms with van der Waals surface area (Å²) in [5.41, 5.74) is 0. The molecule has 0 aromatic heterocycles. The van der Waals surface area contributed by atoms with E-state index in [1.807, 2.05) is 21.1 Å². The molecule has 352 valence electrons. The minimum absolute atomic E-state index is 0.0255. The smallest absolute Gasteiger partial charge is 0.306 e. The fourth-order valence-corrected chi connectivity index (χ4v) is 8.15. The maximum atomic E-state index is 12.7. The van der Waals surface area contributed by atoms with Crippen molar-refractivity contribution >= 4 is 19.8 Å². The first kappa shape index (κ1) is 58.0. The summed E-state index contributed by atoms with van der Waals surface area (Å²) in [4.78, 5) is 37.6. The Balaban J connectivity index is 4.15. The molecule has 0 N–H and O–H groups in total. The van der Waals surface area contributed by atoms with Crippen LogP contribution in [0.2, 0.25) is 0 Å². The van der Waals surface area contributed by atoms with E-state index in [1.165, 1.54) is 186 Å². The van der Waals surface area contributed by atoms with E-state index in [1.54, 1.807) is 0 Å². The lowest BCUT2D eigenvalue weighted by Gasteiger charge is -2.28. The van der Waals surface area contributed by atoms with Gasteiger partial charge in [0.15, 0.2) is 6.10 Å². The van der Waals surface area contributed by atoms with Crippen LogP contribution in [0.15, 0.2) is 0 Å². The second-order valence-corrected chi connectivity index (χ2v) is 20.0. The Morgan fingerprint density at radius 1 is 0.458 bits per heavy atom. The Hall–Kier alpha value is -0.990. The SMILES string of the molecule is CCCCCCCCCCCCCCCCCCCCCCCCC(=O)OC[C@H](COP(=O)([O-])OCC[N+](C)(C)C)OC(=O)CCCCCCCCCCCCCCC. The third kappa shape index (κ3) is 46.3. The molecule has 0 aromatic rings. The third-order valence-electron chi connectivity index (χ3n) is 11.4. The first-order chi connectivity index (χ1) is 28.5. The quantitative estimate of drug-likeness (QED) is 0.0257. The topological polar surface area (TPSA) is 111 Å². The summed E-state index contributed by atoms with van der Waals surface area (Å²) >= 11 is 0. The lowest BCUT2D eigenvalue weighted by Crippen LogP contribution is -2.37. The van der Waals surface area contributed by atoms with Crippen LogP contribution in [0.1, 0.15) is 251 Å². The van der Waals surface area contributed by atoms with Gasteiger partial charge in [0.1, 0.15) is 19.8 Å². The van der Waals surface area contributed by atoms with Crippen LogP contribution in [-0.4, -0.2) is 70.0 Å². The van der Waals surface area contributed by atoms with E-state index < -0.39 is 26.5 Å². The molecule has 0 aliphatic carbocycles. The Kier molecular flexibility index (Phi) is 41.6. The molecule has 0 radical (unpaired) electrons. The predicted molar refractivity (Wildman–Crippen MR) is 245 cm³/mol. The highest BCUT2D eigenvalue weighted by atomic mass is 31.2. The van der Waals surface area contributed by atoms with Gasteiger partial charge in [-0.15, -0.1) is 0 Å². The van der Waals surface area contributed by atoms with Gasteiger partial charge in [0.2, 0.25) is 0 Å². The van der Waals surface area contributed by atoms with Crippen LogP contribution >= 0.6 is 7.82 Å². The van der Waals surface area contributed by atoms with Crippen molar-refractivity contribution < 1.29 is 42.1 Å². The molecule has 0 saturated carbocycles. The third-order valence-corrected chi connectivity index (χ3v) is 12.3. The molecule has 0 amide bonds. The molecule has 9 nitrogen and oxygen atoms in total. The Labute approximate surface area is 365 Å². The number of carbonyl (C=O) groups excluding carboxylic acids is 2. The standard InChI is InChI=1S/C49H98NO8P/c1-6-8-10-12-14-16-18-20-21-22-23-24-25-26-27-28-30-31-33-35-37-39-41-48(51)55-45-47(46-57-59(53,54)56-44-43-50(3,4)5)58-49(52)42-40-38-36-34-32-29-19-17-15-13-11-9-7-2/h47H,6-46H2,1-5H3/t47-/m1/s1. The lowest BCUT2D eigenvalue weighted by molar-refractivity contribution is -0.870. The average molecular weight is 860 g/mol. The number of ether oxygens (including phenoxy) is 2. The second-order valence-electron chi connectivity index (χ2n) is 18.6. The molecule has 0 aliphatic rings. The molecule has 0 saturated heterocycles.